The second-order valence-electron chi connectivity index (χ2n) is 7.16. The van der Waals surface area contributed by atoms with Crippen LogP contribution < -0.4 is 10.1 Å². The van der Waals surface area contributed by atoms with E-state index >= 15 is 0 Å². The van der Waals surface area contributed by atoms with Crippen molar-refractivity contribution in [2.24, 2.45) is 0 Å². The Labute approximate surface area is 164 Å². The molecule has 6 nitrogen and oxygen atoms in total. The van der Waals surface area contributed by atoms with E-state index in [1.54, 1.807) is 26.0 Å². The lowest BCUT2D eigenvalue weighted by Gasteiger charge is -2.25. The van der Waals surface area contributed by atoms with Crippen molar-refractivity contribution >= 4 is 21.6 Å². The van der Waals surface area contributed by atoms with Crippen LogP contribution in [-0.2, 0) is 14.8 Å². The van der Waals surface area contributed by atoms with Crippen LogP contribution in [0.2, 0.25) is 0 Å². The third kappa shape index (κ3) is 4.51. The fourth-order valence-corrected chi connectivity index (χ4v) is 4.43. The van der Waals surface area contributed by atoms with E-state index in [1.165, 1.54) is 40.7 Å². The molecular formula is C20H23FN2O4S. The first-order valence-electron chi connectivity index (χ1n) is 9.05. The van der Waals surface area contributed by atoms with E-state index in [0.29, 0.717) is 24.5 Å². The Kier molecular flexibility index (Phi) is 5.71. The predicted octanol–water partition coefficient (Wildman–Crippen LogP) is 3.41. The summed E-state index contributed by atoms with van der Waals surface area (Å²) in [5, 5.41) is 2.72. The highest BCUT2D eigenvalue weighted by molar-refractivity contribution is 7.89. The highest BCUT2D eigenvalue weighted by Crippen LogP contribution is 2.24. The Bertz CT molecular complexity index is 935. The summed E-state index contributed by atoms with van der Waals surface area (Å²) in [6, 6.07) is 11.5. The van der Waals surface area contributed by atoms with Crippen LogP contribution in [0.3, 0.4) is 0 Å². The van der Waals surface area contributed by atoms with E-state index in [2.05, 4.69) is 5.32 Å². The smallest absolute Gasteiger partial charge is 0.267 e. The molecule has 1 fully saturated rings. The van der Waals surface area contributed by atoms with Gasteiger partial charge in [0.25, 0.3) is 5.91 Å². The summed E-state index contributed by atoms with van der Waals surface area (Å²) in [4.78, 5) is 12.8. The zero-order chi connectivity index (χ0) is 20.4. The molecule has 0 spiro atoms. The summed E-state index contributed by atoms with van der Waals surface area (Å²) in [7, 11) is -3.49. The molecule has 8 heteroatoms. The number of nitrogens with one attached hydrogen (secondary N) is 1. The first-order chi connectivity index (χ1) is 13.2. The van der Waals surface area contributed by atoms with Gasteiger partial charge in [-0.2, -0.15) is 4.31 Å². The number of benzene rings is 2. The van der Waals surface area contributed by atoms with Crippen molar-refractivity contribution in [1.82, 2.24) is 4.31 Å². The molecule has 0 saturated carbocycles. The quantitative estimate of drug-likeness (QED) is 0.798. The number of hydrogen-bond acceptors (Lipinski definition) is 4. The monoisotopic (exact) mass is 406 g/mol. The van der Waals surface area contributed by atoms with Gasteiger partial charge in [-0.3, -0.25) is 4.79 Å². The van der Waals surface area contributed by atoms with Crippen LogP contribution in [0.15, 0.2) is 53.4 Å². The summed E-state index contributed by atoms with van der Waals surface area (Å²) in [5.41, 5.74) is -0.751. The first kappa shape index (κ1) is 20.3. The summed E-state index contributed by atoms with van der Waals surface area (Å²) in [5.74, 6) is -0.431. The molecule has 1 amide bonds. The van der Waals surface area contributed by atoms with Gasteiger partial charge in [-0.15, -0.1) is 0 Å². The molecular weight excluding hydrogens is 383 g/mol. The lowest BCUT2D eigenvalue weighted by molar-refractivity contribution is -0.128. The van der Waals surface area contributed by atoms with Gasteiger partial charge in [0, 0.05) is 18.8 Å². The zero-order valence-corrected chi connectivity index (χ0v) is 16.6. The van der Waals surface area contributed by atoms with Crippen molar-refractivity contribution < 1.29 is 22.3 Å². The van der Waals surface area contributed by atoms with Gasteiger partial charge in [0.05, 0.1) is 4.90 Å². The number of amides is 1. The van der Waals surface area contributed by atoms with E-state index in [9.17, 15) is 17.6 Å². The maximum Gasteiger partial charge on any atom is 0.267 e. The Morgan fingerprint density at radius 3 is 2.18 bits per heavy atom. The van der Waals surface area contributed by atoms with Crippen LogP contribution in [0.5, 0.6) is 5.75 Å². The Hall–Kier alpha value is -2.45. The molecule has 0 aromatic heterocycles. The average Bonchev–Trinajstić information content (AvgIpc) is 3.19. The second-order valence-corrected chi connectivity index (χ2v) is 9.09. The van der Waals surface area contributed by atoms with Gasteiger partial charge in [0.15, 0.2) is 5.60 Å². The van der Waals surface area contributed by atoms with Crippen LogP contribution in [0.4, 0.5) is 10.1 Å². The zero-order valence-electron chi connectivity index (χ0n) is 15.8. The largest absolute Gasteiger partial charge is 0.478 e. The highest BCUT2D eigenvalue weighted by atomic mass is 32.2. The molecule has 1 aliphatic rings. The van der Waals surface area contributed by atoms with Crippen molar-refractivity contribution in [3.05, 3.63) is 54.3 Å². The maximum absolute atomic E-state index is 13.0. The van der Waals surface area contributed by atoms with Crippen molar-refractivity contribution in [1.29, 1.82) is 0 Å². The summed E-state index contributed by atoms with van der Waals surface area (Å²) in [6.07, 6.45) is 1.74. The van der Waals surface area contributed by atoms with Crippen LogP contribution in [-0.4, -0.2) is 37.3 Å². The van der Waals surface area contributed by atoms with Crippen LogP contribution in [0.1, 0.15) is 26.7 Å². The Morgan fingerprint density at radius 2 is 1.61 bits per heavy atom. The number of anilines is 1. The summed E-state index contributed by atoms with van der Waals surface area (Å²) >= 11 is 0. The molecule has 0 radical (unpaired) electrons. The summed E-state index contributed by atoms with van der Waals surface area (Å²) in [6.45, 7) is 4.27. The number of sulfonamides is 1. The Morgan fingerprint density at radius 1 is 1.04 bits per heavy atom. The van der Waals surface area contributed by atoms with Gasteiger partial charge in [-0.25, -0.2) is 12.8 Å². The molecule has 1 aliphatic heterocycles. The molecule has 0 unspecified atom stereocenters. The number of hydrogen-bond donors (Lipinski definition) is 1. The highest BCUT2D eigenvalue weighted by Gasteiger charge is 2.31. The SMILES string of the molecule is CC(C)(Oc1ccc(F)cc1)C(=O)Nc1ccc(S(=O)(=O)N2CCCC2)cc1. The molecule has 28 heavy (non-hydrogen) atoms. The van der Waals surface area contributed by atoms with Crippen molar-refractivity contribution in [2.45, 2.75) is 37.2 Å². The number of carbonyl (C=O) groups excluding carboxylic acids is 1. The number of rotatable bonds is 6. The minimum Gasteiger partial charge on any atom is -0.478 e. The topological polar surface area (TPSA) is 75.7 Å². The molecule has 0 aliphatic carbocycles. The van der Waals surface area contributed by atoms with Crippen molar-refractivity contribution in [2.75, 3.05) is 18.4 Å². The number of halogens is 1. The van der Waals surface area contributed by atoms with Crippen LogP contribution >= 0.6 is 0 Å². The van der Waals surface area contributed by atoms with Crippen molar-refractivity contribution in [3.63, 3.8) is 0 Å². The average molecular weight is 406 g/mol. The standard InChI is InChI=1S/C20H23FN2O4S/c1-20(2,27-17-9-5-15(21)6-10-17)19(24)22-16-7-11-18(12-8-16)28(25,26)23-13-3-4-14-23/h5-12H,3-4,13-14H2,1-2H3,(H,22,24). The fourth-order valence-electron chi connectivity index (χ4n) is 2.91. The van der Waals surface area contributed by atoms with E-state index < -0.39 is 27.3 Å². The molecule has 0 atom stereocenters. The minimum absolute atomic E-state index is 0.203. The molecule has 2 aromatic rings. The molecule has 1 heterocycles. The first-order valence-corrected chi connectivity index (χ1v) is 10.5. The van der Waals surface area contributed by atoms with Crippen molar-refractivity contribution in [3.8, 4) is 5.75 Å². The number of nitrogens with zero attached hydrogens (tertiary/aromatic N) is 1. The minimum atomic E-state index is -3.49. The van der Waals surface area contributed by atoms with E-state index in [1.807, 2.05) is 0 Å². The fraction of sp³-hybridized carbons (Fsp3) is 0.350. The van der Waals surface area contributed by atoms with E-state index in [0.717, 1.165) is 12.8 Å². The predicted molar refractivity (Wildman–Crippen MR) is 104 cm³/mol. The van der Waals surface area contributed by atoms with E-state index in [-0.39, 0.29) is 4.90 Å². The maximum atomic E-state index is 13.0. The second kappa shape index (κ2) is 7.89. The lowest BCUT2D eigenvalue weighted by Crippen LogP contribution is -2.42. The number of ether oxygens (including phenoxy) is 1. The molecule has 1 N–H and O–H groups in total. The third-order valence-corrected chi connectivity index (χ3v) is 6.46. The molecule has 0 bridgehead atoms. The Balaban J connectivity index is 1.67. The van der Waals surface area contributed by atoms with Gasteiger partial charge in [-0.1, -0.05) is 0 Å². The normalized spacial score (nSPS) is 15.4. The molecule has 150 valence electrons. The molecule has 3 rings (SSSR count). The molecule has 2 aromatic carbocycles. The van der Waals surface area contributed by atoms with Gasteiger partial charge in [0.2, 0.25) is 10.0 Å². The van der Waals surface area contributed by atoms with Gasteiger partial charge in [0.1, 0.15) is 11.6 Å². The molecule has 1 saturated heterocycles. The lowest BCUT2D eigenvalue weighted by atomic mass is 10.1. The van der Waals surface area contributed by atoms with Gasteiger partial charge >= 0.3 is 0 Å². The van der Waals surface area contributed by atoms with Gasteiger partial charge < -0.3 is 10.1 Å². The van der Waals surface area contributed by atoms with Crippen LogP contribution in [0, 0.1) is 5.82 Å². The van der Waals surface area contributed by atoms with E-state index in [4.69, 9.17) is 4.74 Å². The number of carbonyl (C=O) groups is 1. The van der Waals surface area contributed by atoms with Gasteiger partial charge in [-0.05, 0) is 75.2 Å². The van der Waals surface area contributed by atoms with Crippen LogP contribution in [0.25, 0.3) is 0 Å². The summed E-state index contributed by atoms with van der Waals surface area (Å²) < 4.78 is 45.2. The third-order valence-electron chi connectivity index (χ3n) is 4.55.